The van der Waals surface area contributed by atoms with Crippen LogP contribution in [0.3, 0.4) is 0 Å². The van der Waals surface area contributed by atoms with Gasteiger partial charge in [0.1, 0.15) is 5.82 Å². The maximum atomic E-state index is 9.02. The van der Waals surface area contributed by atoms with E-state index in [0.717, 1.165) is 43.7 Å². The fraction of sp³-hybridized carbons (Fsp3) is 0.600. The number of rotatable bonds is 2. The molecule has 0 bridgehead atoms. The molecule has 0 amide bonds. The first-order valence-electron chi connectivity index (χ1n) is 7.35. The molecule has 0 spiro atoms. The number of nitrogens with two attached hydrogens (primary N) is 1. The number of aromatic nitrogens is 1. The van der Waals surface area contributed by atoms with Crippen LogP contribution in [0.4, 0.5) is 5.82 Å². The van der Waals surface area contributed by atoms with Crippen molar-refractivity contribution in [2.45, 2.75) is 33.1 Å². The van der Waals surface area contributed by atoms with Gasteiger partial charge in [-0.1, -0.05) is 19.0 Å². The predicted molar refractivity (Wildman–Crippen MR) is 79.3 cm³/mol. The molecule has 20 heavy (non-hydrogen) atoms. The van der Waals surface area contributed by atoms with Crippen molar-refractivity contribution in [3.8, 4) is 0 Å². The van der Waals surface area contributed by atoms with E-state index in [1.165, 1.54) is 11.3 Å². The molecular weight excluding hydrogens is 252 g/mol. The standard InChI is InChI=1S/C15H22N4O/c1-9-7-19(8-10(9)2)15-12(14(16)18-20)6-11-4-3-5-13(11)17-15/h6,9-10,20H,3-5,7-8H2,1-2H3,(H2,16,18). The minimum absolute atomic E-state index is 0.161. The summed E-state index contributed by atoms with van der Waals surface area (Å²) in [4.78, 5) is 7.11. The Kier molecular flexibility index (Phi) is 3.28. The van der Waals surface area contributed by atoms with E-state index in [1.54, 1.807) is 0 Å². The van der Waals surface area contributed by atoms with Crippen LogP contribution in [-0.2, 0) is 12.8 Å². The van der Waals surface area contributed by atoms with Crippen LogP contribution in [0.25, 0.3) is 0 Å². The fourth-order valence-corrected chi connectivity index (χ4v) is 3.25. The Morgan fingerprint density at radius 2 is 2.05 bits per heavy atom. The van der Waals surface area contributed by atoms with Crippen molar-refractivity contribution >= 4 is 11.7 Å². The second-order valence-corrected chi connectivity index (χ2v) is 6.16. The van der Waals surface area contributed by atoms with Gasteiger partial charge in [0.2, 0.25) is 0 Å². The number of oxime groups is 1. The van der Waals surface area contributed by atoms with E-state index in [9.17, 15) is 0 Å². The third kappa shape index (κ3) is 2.11. The van der Waals surface area contributed by atoms with Gasteiger partial charge < -0.3 is 15.8 Å². The number of pyridine rings is 1. The van der Waals surface area contributed by atoms with Gasteiger partial charge in [-0.2, -0.15) is 0 Å². The highest BCUT2D eigenvalue weighted by molar-refractivity contribution is 6.01. The van der Waals surface area contributed by atoms with Crippen LogP contribution in [0.15, 0.2) is 11.2 Å². The molecule has 1 fully saturated rings. The third-order valence-corrected chi connectivity index (χ3v) is 4.70. The second-order valence-electron chi connectivity index (χ2n) is 6.16. The van der Waals surface area contributed by atoms with Gasteiger partial charge in [-0.3, -0.25) is 0 Å². The summed E-state index contributed by atoms with van der Waals surface area (Å²) >= 11 is 0. The summed E-state index contributed by atoms with van der Waals surface area (Å²) in [5.41, 5.74) is 9.06. The summed E-state index contributed by atoms with van der Waals surface area (Å²) in [6.45, 7) is 6.50. The molecule has 108 valence electrons. The van der Waals surface area contributed by atoms with Crippen LogP contribution >= 0.6 is 0 Å². The lowest BCUT2D eigenvalue weighted by Crippen LogP contribution is -2.26. The molecule has 2 aliphatic rings. The molecule has 5 heteroatoms. The van der Waals surface area contributed by atoms with Gasteiger partial charge in [0.25, 0.3) is 0 Å². The highest BCUT2D eigenvalue weighted by Gasteiger charge is 2.30. The van der Waals surface area contributed by atoms with Gasteiger partial charge >= 0.3 is 0 Å². The molecule has 2 unspecified atom stereocenters. The van der Waals surface area contributed by atoms with E-state index in [2.05, 4.69) is 30.0 Å². The van der Waals surface area contributed by atoms with E-state index in [1.807, 2.05) is 0 Å². The molecule has 3 rings (SSSR count). The molecule has 1 aliphatic heterocycles. The van der Waals surface area contributed by atoms with Gasteiger partial charge in [0.15, 0.2) is 5.84 Å². The number of amidine groups is 1. The first kappa shape index (κ1) is 13.2. The van der Waals surface area contributed by atoms with Crippen LogP contribution in [0.2, 0.25) is 0 Å². The van der Waals surface area contributed by atoms with E-state index in [0.29, 0.717) is 11.8 Å². The largest absolute Gasteiger partial charge is 0.409 e. The average molecular weight is 274 g/mol. The van der Waals surface area contributed by atoms with Gasteiger partial charge in [0.05, 0.1) is 5.56 Å². The lowest BCUT2D eigenvalue weighted by molar-refractivity contribution is 0.318. The molecule has 5 nitrogen and oxygen atoms in total. The SMILES string of the molecule is CC1CN(c2nc3c(cc2C(N)=NO)CCC3)CC1C. The van der Waals surface area contributed by atoms with Crippen molar-refractivity contribution in [3.63, 3.8) is 0 Å². The smallest absolute Gasteiger partial charge is 0.173 e. The molecule has 0 saturated carbocycles. The van der Waals surface area contributed by atoms with Crippen molar-refractivity contribution < 1.29 is 5.21 Å². The zero-order chi connectivity index (χ0) is 14.3. The van der Waals surface area contributed by atoms with Gasteiger partial charge in [0, 0.05) is 18.8 Å². The zero-order valence-electron chi connectivity index (χ0n) is 12.1. The number of fused-ring (bicyclic) bond motifs is 1. The Hall–Kier alpha value is -1.78. The van der Waals surface area contributed by atoms with Crippen LogP contribution in [-0.4, -0.2) is 29.1 Å². The Morgan fingerprint density at radius 3 is 2.70 bits per heavy atom. The van der Waals surface area contributed by atoms with Crippen LogP contribution in [0, 0.1) is 11.8 Å². The van der Waals surface area contributed by atoms with Crippen LogP contribution in [0.5, 0.6) is 0 Å². The van der Waals surface area contributed by atoms with Crippen LogP contribution < -0.4 is 10.6 Å². The quantitative estimate of drug-likeness (QED) is 0.373. The highest BCUT2D eigenvalue weighted by atomic mass is 16.4. The summed E-state index contributed by atoms with van der Waals surface area (Å²) in [6.07, 6.45) is 3.23. The third-order valence-electron chi connectivity index (χ3n) is 4.70. The van der Waals surface area contributed by atoms with Gasteiger partial charge in [-0.15, -0.1) is 0 Å². The van der Waals surface area contributed by atoms with E-state index < -0.39 is 0 Å². The molecular formula is C15H22N4O. The Balaban J connectivity index is 2.04. The number of hydrogen-bond donors (Lipinski definition) is 2. The number of anilines is 1. The predicted octanol–water partition coefficient (Wildman–Crippen LogP) is 1.76. The van der Waals surface area contributed by atoms with Gasteiger partial charge in [-0.05, 0) is 42.7 Å². The van der Waals surface area contributed by atoms with Crippen LogP contribution in [0.1, 0.15) is 37.1 Å². The molecule has 2 atom stereocenters. The average Bonchev–Trinajstić information content (AvgIpc) is 3.03. The summed E-state index contributed by atoms with van der Waals surface area (Å²) < 4.78 is 0. The topological polar surface area (TPSA) is 74.7 Å². The van der Waals surface area contributed by atoms with Crippen molar-refractivity contribution in [1.29, 1.82) is 0 Å². The van der Waals surface area contributed by atoms with Crippen molar-refractivity contribution in [2.75, 3.05) is 18.0 Å². The van der Waals surface area contributed by atoms with E-state index >= 15 is 0 Å². The van der Waals surface area contributed by atoms with Gasteiger partial charge in [-0.25, -0.2) is 4.98 Å². The molecule has 1 saturated heterocycles. The molecule has 3 N–H and O–H groups in total. The second kappa shape index (κ2) is 4.96. The summed E-state index contributed by atoms with van der Waals surface area (Å²) in [5, 5.41) is 12.2. The maximum Gasteiger partial charge on any atom is 0.173 e. The molecule has 1 aliphatic carbocycles. The van der Waals surface area contributed by atoms with E-state index in [-0.39, 0.29) is 5.84 Å². The normalized spacial score (nSPS) is 26.1. The number of aryl methyl sites for hydroxylation is 2. The minimum Gasteiger partial charge on any atom is -0.409 e. The molecule has 2 heterocycles. The maximum absolute atomic E-state index is 9.02. The minimum atomic E-state index is 0.161. The Labute approximate surface area is 119 Å². The first-order valence-corrected chi connectivity index (χ1v) is 7.35. The summed E-state index contributed by atoms with van der Waals surface area (Å²) in [5.74, 6) is 2.34. The Morgan fingerprint density at radius 1 is 1.35 bits per heavy atom. The van der Waals surface area contributed by atoms with Crippen molar-refractivity contribution in [2.24, 2.45) is 22.7 Å². The van der Waals surface area contributed by atoms with E-state index in [4.69, 9.17) is 15.9 Å². The Bertz CT molecular complexity index is 545. The molecule has 0 radical (unpaired) electrons. The monoisotopic (exact) mass is 274 g/mol. The first-order chi connectivity index (χ1) is 9.60. The lowest BCUT2D eigenvalue weighted by atomic mass is 10.0. The summed E-state index contributed by atoms with van der Waals surface area (Å²) in [6, 6.07) is 2.06. The lowest BCUT2D eigenvalue weighted by Gasteiger charge is -2.21. The zero-order valence-corrected chi connectivity index (χ0v) is 12.1. The highest BCUT2D eigenvalue weighted by Crippen LogP contribution is 2.32. The summed E-state index contributed by atoms with van der Waals surface area (Å²) in [7, 11) is 0. The van der Waals surface area contributed by atoms with Crippen molar-refractivity contribution in [1.82, 2.24) is 4.98 Å². The molecule has 1 aromatic rings. The molecule has 1 aromatic heterocycles. The molecule has 0 aromatic carbocycles. The fourth-order valence-electron chi connectivity index (χ4n) is 3.25. The van der Waals surface area contributed by atoms with Crippen molar-refractivity contribution in [3.05, 3.63) is 22.9 Å². The number of hydrogen-bond acceptors (Lipinski definition) is 4. The number of nitrogens with zero attached hydrogens (tertiary/aromatic N) is 3.